The van der Waals surface area contributed by atoms with Crippen molar-refractivity contribution in [2.24, 2.45) is 4.99 Å². The summed E-state index contributed by atoms with van der Waals surface area (Å²) in [5, 5.41) is 21.0. The molecule has 0 atom stereocenters. The van der Waals surface area contributed by atoms with E-state index in [1.165, 1.54) is 43.5 Å². The highest BCUT2D eigenvalue weighted by atomic mass is 32.2. The van der Waals surface area contributed by atoms with E-state index in [0.29, 0.717) is 21.9 Å². The minimum absolute atomic E-state index is 0.0201. The van der Waals surface area contributed by atoms with Crippen LogP contribution in [0.25, 0.3) is 6.08 Å². The van der Waals surface area contributed by atoms with Crippen molar-refractivity contribution in [3.8, 4) is 11.5 Å². The molecule has 0 saturated carbocycles. The maximum Gasteiger partial charge on any atom is 0.344 e. The van der Waals surface area contributed by atoms with Crippen LogP contribution in [0.5, 0.6) is 11.5 Å². The Morgan fingerprint density at radius 2 is 1.93 bits per heavy atom. The van der Waals surface area contributed by atoms with E-state index < -0.39 is 11.8 Å². The van der Waals surface area contributed by atoms with Gasteiger partial charge in [0.05, 0.1) is 24.3 Å². The molecule has 0 fully saturated rings. The molecule has 0 aromatic heterocycles. The zero-order chi connectivity index (χ0) is 21.0. The second-order valence-corrected chi connectivity index (χ2v) is 6.90. The van der Waals surface area contributed by atoms with E-state index in [9.17, 15) is 19.4 Å². The van der Waals surface area contributed by atoms with Crippen molar-refractivity contribution < 1.29 is 28.9 Å². The highest BCUT2D eigenvalue weighted by Crippen LogP contribution is 2.41. The zero-order valence-electron chi connectivity index (χ0n) is 15.7. The topological polar surface area (TPSA) is 88.4 Å². The van der Waals surface area contributed by atoms with Crippen molar-refractivity contribution in [3.05, 3.63) is 70.1 Å². The predicted molar refractivity (Wildman–Crippen MR) is 110 cm³/mol. The molecule has 0 bridgehead atoms. The lowest BCUT2D eigenvalue weighted by Gasteiger charge is -2.04. The number of benzene rings is 2. The summed E-state index contributed by atoms with van der Waals surface area (Å²) < 4.78 is 23.3. The molecule has 0 unspecified atom stereocenters. The molecule has 3 rings (SSSR count). The van der Waals surface area contributed by atoms with Crippen molar-refractivity contribution >= 4 is 34.5 Å². The first kappa shape index (κ1) is 20.5. The van der Waals surface area contributed by atoms with Gasteiger partial charge >= 0.3 is 5.97 Å². The minimum Gasteiger partial charge on any atom is -0.507 e. The quantitative estimate of drug-likeness (QED) is 0.686. The van der Waals surface area contributed by atoms with E-state index in [2.05, 4.69) is 4.99 Å². The summed E-state index contributed by atoms with van der Waals surface area (Å²) >= 11 is 1.04. The average molecular weight is 415 g/mol. The molecule has 0 amide bonds. The van der Waals surface area contributed by atoms with Crippen LogP contribution in [0.2, 0.25) is 0 Å². The van der Waals surface area contributed by atoms with E-state index >= 15 is 0 Å². The predicted octanol–water partition coefficient (Wildman–Crippen LogP) is 4.73. The highest BCUT2D eigenvalue weighted by molar-refractivity contribution is 8.18. The molecule has 2 aromatic carbocycles. The Labute approximate surface area is 171 Å². The number of hydrogen-bond donors (Lipinski definition) is 2. The van der Waals surface area contributed by atoms with Gasteiger partial charge in [0.2, 0.25) is 0 Å². The molecule has 2 aromatic rings. The van der Waals surface area contributed by atoms with E-state index in [1.807, 2.05) is 0 Å². The number of aromatic hydroxyl groups is 1. The van der Waals surface area contributed by atoms with E-state index in [-0.39, 0.29) is 28.7 Å². The lowest BCUT2D eigenvalue weighted by atomic mass is 10.1. The molecule has 150 valence electrons. The Bertz CT molecular complexity index is 1030. The number of methoxy groups -OCH3 is 1. The van der Waals surface area contributed by atoms with Crippen LogP contribution in [-0.2, 0) is 9.53 Å². The van der Waals surface area contributed by atoms with Gasteiger partial charge in [-0.25, -0.2) is 14.2 Å². The third-order valence-corrected chi connectivity index (χ3v) is 4.97. The standard InChI is InChI=1S/C21H18FNO5S/c1-3-28-21(26)18-19(25)17(11-12-10-15(27-2)8-9-16(12)24)29-20(18)23-14-6-4-13(22)5-7-14/h4-11,24-25H,3H2,1-2H3. The van der Waals surface area contributed by atoms with Crippen LogP contribution < -0.4 is 4.74 Å². The monoisotopic (exact) mass is 415 g/mol. The summed E-state index contributed by atoms with van der Waals surface area (Å²) in [6.07, 6.45) is 1.52. The number of nitrogens with zero attached hydrogens (tertiary/aromatic N) is 1. The molecule has 1 aliphatic heterocycles. The Hall–Kier alpha value is -3.26. The number of hydrogen-bond acceptors (Lipinski definition) is 7. The number of aliphatic hydroxyl groups excluding tert-OH is 1. The average Bonchev–Trinajstić information content (AvgIpc) is 3.00. The number of aliphatic hydroxyl groups is 1. The zero-order valence-corrected chi connectivity index (χ0v) is 16.5. The van der Waals surface area contributed by atoms with Gasteiger partial charge in [-0.05, 0) is 55.5 Å². The van der Waals surface area contributed by atoms with Crippen LogP contribution in [0.1, 0.15) is 12.5 Å². The molecule has 1 aliphatic rings. The minimum atomic E-state index is -0.725. The smallest absolute Gasteiger partial charge is 0.344 e. The summed E-state index contributed by atoms with van der Waals surface area (Å²) in [5.41, 5.74) is 0.716. The number of ether oxygens (including phenoxy) is 2. The molecule has 0 aliphatic carbocycles. The van der Waals surface area contributed by atoms with Crippen molar-refractivity contribution in [1.29, 1.82) is 0 Å². The lowest BCUT2D eigenvalue weighted by molar-refractivity contribution is -0.138. The lowest BCUT2D eigenvalue weighted by Crippen LogP contribution is -2.12. The molecule has 0 saturated heterocycles. The first-order chi connectivity index (χ1) is 13.9. The number of aliphatic imine (C=N–C) groups is 1. The summed E-state index contributed by atoms with van der Waals surface area (Å²) in [6.45, 7) is 1.78. The van der Waals surface area contributed by atoms with Gasteiger partial charge in [0.15, 0.2) is 0 Å². The van der Waals surface area contributed by atoms with Gasteiger partial charge in [0.25, 0.3) is 0 Å². The summed E-state index contributed by atoms with van der Waals surface area (Å²) in [6, 6.07) is 10.1. The van der Waals surface area contributed by atoms with Crippen LogP contribution in [0.3, 0.4) is 0 Å². The number of carbonyl (C=O) groups excluding carboxylic acids is 1. The summed E-state index contributed by atoms with van der Waals surface area (Å²) in [4.78, 5) is 17.0. The molecular weight excluding hydrogens is 397 g/mol. The maximum atomic E-state index is 13.2. The van der Waals surface area contributed by atoms with Crippen molar-refractivity contribution in [2.45, 2.75) is 6.92 Å². The molecule has 6 nitrogen and oxygen atoms in total. The molecular formula is C21H18FNO5S. The Morgan fingerprint density at radius 3 is 2.59 bits per heavy atom. The Balaban J connectivity index is 2.06. The molecule has 8 heteroatoms. The van der Waals surface area contributed by atoms with E-state index in [4.69, 9.17) is 9.47 Å². The van der Waals surface area contributed by atoms with Crippen LogP contribution >= 0.6 is 11.8 Å². The second-order valence-electron chi connectivity index (χ2n) is 5.87. The molecule has 1 heterocycles. The van der Waals surface area contributed by atoms with Gasteiger partial charge in [0.1, 0.15) is 33.7 Å². The second kappa shape index (κ2) is 8.83. The van der Waals surface area contributed by atoms with E-state index in [0.717, 1.165) is 11.8 Å². The van der Waals surface area contributed by atoms with Gasteiger partial charge in [0, 0.05) is 5.56 Å². The SMILES string of the molecule is CCOC(=O)C1=C(O)C(=Cc2cc(OC)ccc2O)SC1=Nc1ccc(F)cc1. The van der Waals surface area contributed by atoms with Crippen molar-refractivity contribution in [1.82, 2.24) is 0 Å². The van der Waals surface area contributed by atoms with Crippen LogP contribution in [0.4, 0.5) is 10.1 Å². The molecule has 2 N–H and O–H groups in total. The number of halogens is 1. The van der Waals surface area contributed by atoms with Gasteiger partial charge < -0.3 is 19.7 Å². The van der Waals surface area contributed by atoms with Crippen molar-refractivity contribution in [3.63, 3.8) is 0 Å². The molecule has 0 spiro atoms. The first-order valence-corrected chi connectivity index (χ1v) is 9.46. The maximum absolute atomic E-state index is 13.2. The normalized spacial score (nSPS) is 16.5. The van der Waals surface area contributed by atoms with Crippen LogP contribution in [-0.4, -0.2) is 34.9 Å². The van der Waals surface area contributed by atoms with E-state index in [1.54, 1.807) is 19.1 Å². The van der Waals surface area contributed by atoms with Gasteiger partial charge in [-0.15, -0.1) is 0 Å². The van der Waals surface area contributed by atoms with Gasteiger partial charge in [-0.3, -0.25) is 0 Å². The first-order valence-electron chi connectivity index (χ1n) is 8.64. The molecule has 29 heavy (non-hydrogen) atoms. The number of phenolic OH excluding ortho intramolecular Hbond substituents is 1. The van der Waals surface area contributed by atoms with Gasteiger partial charge in [-0.2, -0.15) is 0 Å². The number of esters is 1. The van der Waals surface area contributed by atoms with Crippen molar-refractivity contribution in [2.75, 3.05) is 13.7 Å². The van der Waals surface area contributed by atoms with Crippen LogP contribution in [0, 0.1) is 5.82 Å². The number of thioether (sulfide) groups is 1. The number of carbonyl (C=O) groups is 1. The van der Waals surface area contributed by atoms with Gasteiger partial charge in [-0.1, -0.05) is 11.8 Å². The Morgan fingerprint density at radius 1 is 1.21 bits per heavy atom. The number of phenols is 1. The fourth-order valence-corrected chi connectivity index (χ4v) is 3.57. The largest absolute Gasteiger partial charge is 0.507 e. The molecule has 0 radical (unpaired) electrons. The van der Waals surface area contributed by atoms with Crippen LogP contribution in [0.15, 0.2) is 63.7 Å². The third-order valence-electron chi connectivity index (χ3n) is 3.95. The fourth-order valence-electron chi connectivity index (χ4n) is 2.54. The Kier molecular flexibility index (Phi) is 6.23. The third kappa shape index (κ3) is 4.60. The fraction of sp³-hybridized carbons (Fsp3) is 0.143. The summed E-state index contributed by atoms with van der Waals surface area (Å²) in [5.74, 6) is -0.945. The summed E-state index contributed by atoms with van der Waals surface area (Å²) in [7, 11) is 1.50. The number of rotatable bonds is 5. The highest BCUT2D eigenvalue weighted by Gasteiger charge is 2.33.